The van der Waals surface area contributed by atoms with Crippen molar-refractivity contribution in [2.45, 2.75) is 40.2 Å². The minimum absolute atomic E-state index is 0.0354. The predicted octanol–water partition coefficient (Wildman–Crippen LogP) is 3.02. The van der Waals surface area contributed by atoms with E-state index in [2.05, 4.69) is 47.1 Å². The van der Waals surface area contributed by atoms with Crippen LogP contribution in [-0.4, -0.2) is 56.2 Å². The molecule has 0 saturated carbocycles. The Kier molecular flexibility index (Phi) is 5.65. The van der Waals surface area contributed by atoms with Gasteiger partial charge >= 0.3 is 0 Å². The quantitative estimate of drug-likeness (QED) is 0.454. The molecular formula is C24H28N6O2S. The fraction of sp³-hybridized carbons (Fsp3) is 0.417. The van der Waals surface area contributed by atoms with E-state index in [1.165, 1.54) is 28.2 Å². The molecule has 3 aromatic heterocycles. The average molecular weight is 465 g/mol. The number of benzene rings is 1. The number of piperazine rings is 1. The van der Waals surface area contributed by atoms with E-state index in [0.29, 0.717) is 29.9 Å². The lowest BCUT2D eigenvalue weighted by Crippen LogP contribution is -2.49. The van der Waals surface area contributed by atoms with Crippen LogP contribution in [0.25, 0.3) is 16.0 Å². The average Bonchev–Trinajstić information content (AvgIpc) is 3.47. The lowest BCUT2D eigenvalue weighted by molar-refractivity contribution is -0.131. The maximum Gasteiger partial charge on any atom is 0.272 e. The summed E-state index contributed by atoms with van der Waals surface area (Å²) in [6.45, 7) is 9.86. The normalized spacial score (nSPS) is 14.5. The first-order valence-electron chi connectivity index (χ1n) is 11.4. The molecule has 1 aliphatic heterocycles. The Balaban J connectivity index is 1.29. The van der Waals surface area contributed by atoms with Gasteiger partial charge in [0.15, 0.2) is 0 Å². The fourth-order valence-corrected chi connectivity index (χ4v) is 5.50. The second-order valence-corrected chi connectivity index (χ2v) is 9.44. The molecule has 1 saturated heterocycles. The first-order chi connectivity index (χ1) is 16.0. The van der Waals surface area contributed by atoms with Gasteiger partial charge in [0.2, 0.25) is 11.7 Å². The van der Waals surface area contributed by atoms with Gasteiger partial charge in [-0.1, -0.05) is 12.1 Å². The second-order valence-electron chi connectivity index (χ2n) is 8.52. The van der Waals surface area contributed by atoms with Crippen molar-refractivity contribution in [2.75, 3.05) is 31.1 Å². The number of nitrogens with zero attached hydrogens (tertiary/aromatic N) is 6. The monoisotopic (exact) mass is 464 g/mol. The number of anilines is 1. The Hall–Kier alpha value is -3.20. The number of thiophene rings is 1. The van der Waals surface area contributed by atoms with Crippen molar-refractivity contribution in [1.29, 1.82) is 0 Å². The van der Waals surface area contributed by atoms with E-state index in [4.69, 9.17) is 0 Å². The summed E-state index contributed by atoms with van der Waals surface area (Å²) in [5.41, 5.74) is 4.64. The minimum atomic E-state index is -0.0354. The number of aromatic nitrogens is 4. The number of carbonyl (C=O) groups is 1. The third-order valence-electron chi connectivity index (χ3n) is 6.71. The van der Waals surface area contributed by atoms with Crippen molar-refractivity contribution in [3.63, 3.8) is 0 Å². The van der Waals surface area contributed by atoms with Crippen LogP contribution in [0, 0.1) is 13.8 Å². The first-order valence-corrected chi connectivity index (χ1v) is 12.3. The molecule has 0 atom stereocenters. The molecule has 0 unspecified atom stereocenters. The Morgan fingerprint density at radius 3 is 2.64 bits per heavy atom. The maximum atomic E-state index is 13.0. The van der Waals surface area contributed by atoms with E-state index >= 15 is 0 Å². The number of rotatable bonds is 5. The standard InChI is InChI=1S/C24H28N6O2S/c1-4-29-23(32)22-19(10-15-33-22)30-20(25-26-24(29)30)8-9-21(31)28-13-11-27(12-14-28)18-7-5-6-16(2)17(18)3/h5-7,10,15H,4,8-9,11-14H2,1-3H3. The van der Waals surface area contributed by atoms with Crippen LogP contribution in [0.3, 0.4) is 0 Å². The third-order valence-corrected chi connectivity index (χ3v) is 7.60. The number of fused-ring (bicyclic) bond motifs is 3. The molecule has 4 aromatic rings. The summed E-state index contributed by atoms with van der Waals surface area (Å²) in [4.78, 5) is 30.0. The van der Waals surface area contributed by atoms with Gasteiger partial charge in [0.05, 0.1) is 5.52 Å². The molecule has 1 amide bonds. The van der Waals surface area contributed by atoms with Crippen LogP contribution in [-0.2, 0) is 17.8 Å². The smallest absolute Gasteiger partial charge is 0.272 e. The number of hydrogen-bond acceptors (Lipinski definition) is 6. The zero-order valence-corrected chi connectivity index (χ0v) is 20.1. The SMILES string of the molecule is CCn1c(=O)c2sccc2n2c(CCC(=O)N3CCN(c4cccc(C)c4C)CC3)nnc12. The van der Waals surface area contributed by atoms with Crippen molar-refractivity contribution in [2.24, 2.45) is 0 Å². The van der Waals surface area contributed by atoms with Crippen LogP contribution >= 0.6 is 11.3 Å². The van der Waals surface area contributed by atoms with E-state index < -0.39 is 0 Å². The summed E-state index contributed by atoms with van der Waals surface area (Å²) in [7, 11) is 0. The molecule has 1 fully saturated rings. The lowest BCUT2D eigenvalue weighted by Gasteiger charge is -2.37. The Morgan fingerprint density at radius 2 is 1.88 bits per heavy atom. The molecular weight excluding hydrogens is 436 g/mol. The van der Waals surface area contributed by atoms with Crippen LogP contribution in [0.2, 0.25) is 0 Å². The van der Waals surface area contributed by atoms with E-state index in [9.17, 15) is 9.59 Å². The van der Waals surface area contributed by atoms with Crippen molar-refractivity contribution >= 4 is 38.9 Å². The van der Waals surface area contributed by atoms with Crippen LogP contribution in [0.4, 0.5) is 5.69 Å². The summed E-state index contributed by atoms with van der Waals surface area (Å²) < 4.78 is 4.27. The van der Waals surface area contributed by atoms with Crippen LogP contribution in [0.5, 0.6) is 0 Å². The summed E-state index contributed by atoms with van der Waals surface area (Å²) in [5, 5.41) is 10.5. The van der Waals surface area contributed by atoms with Crippen molar-refractivity contribution in [3.05, 3.63) is 57.0 Å². The molecule has 1 aliphatic rings. The van der Waals surface area contributed by atoms with Crippen LogP contribution < -0.4 is 10.5 Å². The van der Waals surface area contributed by atoms with Crippen molar-refractivity contribution < 1.29 is 4.79 Å². The Morgan fingerprint density at radius 1 is 1.09 bits per heavy atom. The van der Waals surface area contributed by atoms with E-state index in [-0.39, 0.29) is 11.5 Å². The van der Waals surface area contributed by atoms with Gasteiger partial charge in [-0.2, -0.15) is 0 Å². The van der Waals surface area contributed by atoms with Gasteiger partial charge in [-0.25, -0.2) is 0 Å². The molecule has 172 valence electrons. The van der Waals surface area contributed by atoms with E-state index in [1.807, 2.05) is 27.7 Å². The maximum absolute atomic E-state index is 13.0. The summed E-state index contributed by atoms with van der Waals surface area (Å²) in [5.74, 6) is 1.40. The molecule has 33 heavy (non-hydrogen) atoms. The predicted molar refractivity (Wildman–Crippen MR) is 131 cm³/mol. The highest BCUT2D eigenvalue weighted by atomic mass is 32.1. The lowest BCUT2D eigenvalue weighted by atomic mass is 10.1. The van der Waals surface area contributed by atoms with Crippen LogP contribution in [0.1, 0.15) is 30.3 Å². The largest absolute Gasteiger partial charge is 0.368 e. The van der Waals surface area contributed by atoms with Crippen LogP contribution in [0.15, 0.2) is 34.4 Å². The van der Waals surface area contributed by atoms with Crippen molar-refractivity contribution in [1.82, 2.24) is 24.1 Å². The zero-order valence-electron chi connectivity index (χ0n) is 19.2. The second kappa shape index (κ2) is 8.62. The Labute approximate surface area is 196 Å². The first kappa shape index (κ1) is 21.6. The molecule has 1 aromatic carbocycles. The molecule has 8 nitrogen and oxygen atoms in total. The minimum Gasteiger partial charge on any atom is -0.368 e. The number of aryl methyl sites for hydroxylation is 3. The van der Waals surface area contributed by atoms with Gasteiger partial charge in [-0.3, -0.25) is 18.6 Å². The van der Waals surface area contributed by atoms with Gasteiger partial charge in [0.25, 0.3) is 5.56 Å². The van der Waals surface area contributed by atoms with Crippen molar-refractivity contribution in [3.8, 4) is 0 Å². The molecule has 4 heterocycles. The number of amides is 1. The Bertz CT molecular complexity index is 1390. The van der Waals surface area contributed by atoms with Gasteiger partial charge in [-0.15, -0.1) is 21.5 Å². The zero-order chi connectivity index (χ0) is 23.1. The third kappa shape index (κ3) is 3.70. The topological polar surface area (TPSA) is 75.7 Å². The summed E-state index contributed by atoms with van der Waals surface area (Å²) in [6, 6.07) is 8.32. The fourth-order valence-electron chi connectivity index (χ4n) is 4.68. The molecule has 5 rings (SSSR count). The summed E-state index contributed by atoms with van der Waals surface area (Å²) in [6.07, 6.45) is 0.866. The van der Waals surface area contributed by atoms with Gasteiger partial charge in [0, 0.05) is 51.3 Å². The van der Waals surface area contributed by atoms with Gasteiger partial charge in [0.1, 0.15) is 10.5 Å². The molecule has 0 spiro atoms. The molecule has 0 N–H and O–H groups in total. The summed E-state index contributed by atoms with van der Waals surface area (Å²) >= 11 is 1.43. The molecule has 0 aliphatic carbocycles. The number of hydrogen-bond donors (Lipinski definition) is 0. The highest BCUT2D eigenvalue weighted by molar-refractivity contribution is 7.17. The number of carbonyl (C=O) groups excluding carboxylic acids is 1. The van der Waals surface area contributed by atoms with E-state index in [1.54, 1.807) is 4.57 Å². The van der Waals surface area contributed by atoms with E-state index in [0.717, 1.165) is 37.5 Å². The molecule has 9 heteroatoms. The highest BCUT2D eigenvalue weighted by Crippen LogP contribution is 2.24. The molecule has 0 bridgehead atoms. The highest BCUT2D eigenvalue weighted by Gasteiger charge is 2.23. The van der Waals surface area contributed by atoms with Gasteiger partial charge < -0.3 is 9.80 Å². The van der Waals surface area contributed by atoms with Gasteiger partial charge in [-0.05, 0) is 49.4 Å². The molecule has 0 radical (unpaired) electrons.